The highest BCUT2D eigenvalue weighted by molar-refractivity contribution is 7.89. The Labute approximate surface area is 176 Å². The predicted molar refractivity (Wildman–Crippen MR) is 110 cm³/mol. The molecule has 2 aliphatic heterocycles. The lowest BCUT2D eigenvalue weighted by Gasteiger charge is -2.32. The number of rotatable bonds is 3. The molecule has 0 bridgehead atoms. The van der Waals surface area contributed by atoms with Crippen LogP contribution in [0.4, 0.5) is 0 Å². The molecule has 1 amide bonds. The third kappa shape index (κ3) is 3.83. The van der Waals surface area contributed by atoms with Gasteiger partial charge in [-0.3, -0.25) is 4.79 Å². The van der Waals surface area contributed by atoms with Gasteiger partial charge in [-0.2, -0.15) is 4.31 Å². The van der Waals surface area contributed by atoms with Gasteiger partial charge in [0.1, 0.15) is 22.5 Å². The molecule has 3 heterocycles. The van der Waals surface area contributed by atoms with Gasteiger partial charge < -0.3 is 14.2 Å². The predicted octanol–water partition coefficient (Wildman–Crippen LogP) is 2.70. The Morgan fingerprint density at radius 1 is 1.23 bits per heavy atom. The fraction of sp³-hybridized carbons (Fsp3) is 0.524. The van der Waals surface area contributed by atoms with Crippen LogP contribution in [0, 0.1) is 12.8 Å². The molecule has 0 radical (unpaired) electrons. The average molecular weight is 434 g/mol. The number of ether oxygens (including phenoxy) is 1. The number of aryl methyl sites for hydroxylation is 1. The maximum absolute atomic E-state index is 13.5. The van der Waals surface area contributed by atoms with Crippen molar-refractivity contribution < 1.29 is 22.5 Å². The van der Waals surface area contributed by atoms with E-state index in [1.807, 2.05) is 13.8 Å². The normalized spacial score (nSPS) is 23.8. The van der Waals surface area contributed by atoms with Crippen LogP contribution in [-0.4, -0.2) is 60.5 Å². The molecule has 4 rings (SSSR count). The zero-order chi connectivity index (χ0) is 21.5. The van der Waals surface area contributed by atoms with E-state index in [2.05, 4.69) is 5.16 Å². The highest BCUT2D eigenvalue weighted by Gasteiger charge is 2.44. The van der Waals surface area contributed by atoms with E-state index in [9.17, 15) is 13.2 Å². The van der Waals surface area contributed by atoms with Crippen molar-refractivity contribution in [2.75, 3.05) is 19.6 Å². The first-order chi connectivity index (χ1) is 14.3. The van der Waals surface area contributed by atoms with Gasteiger partial charge in [0.05, 0.1) is 6.04 Å². The number of likely N-dealkylation sites (tertiary alicyclic amines) is 1. The van der Waals surface area contributed by atoms with Gasteiger partial charge in [-0.15, -0.1) is 0 Å². The van der Waals surface area contributed by atoms with Crippen LogP contribution in [0.3, 0.4) is 0 Å². The average Bonchev–Trinajstić information content (AvgIpc) is 2.99. The molecular formula is C21H27N3O5S. The third-order valence-corrected chi connectivity index (χ3v) is 7.50. The van der Waals surface area contributed by atoms with E-state index in [1.54, 1.807) is 46.5 Å². The number of sulfonamides is 1. The standard InChI is InChI=1S/C21H27N3O5S/c1-14(2)13-24-17-8-10-23(21(25)16-12-15(3)29-22-16)11-9-18(17)28-19-6-4-5-7-20(19)30(24,26)27/h4-7,12,14,17-18H,8-11,13H2,1-3H3/t17-,18-/m0/s1. The van der Waals surface area contributed by atoms with Crippen LogP contribution < -0.4 is 4.74 Å². The van der Waals surface area contributed by atoms with E-state index in [1.165, 1.54) is 0 Å². The summed E-state index contributed by atoms with van der Waals surface area (Å²) < 4.78 is 39.9. The van der Waals surface area contributed by atoms with E-state index >= 15 is 0 Å². The molecule has 1 aromatic heterocycles. The van der Waals surface area contributed by atoms with E-state index in [-0.39, 0.29) is 34.6 Å². The molecule has 1 aromatic carbocycles. The summed E-state index contributed by atoms with van der Waals surface area (Å²) in [4.78, 5) is 14.8. The first-order valence-electron chi connectivity index (χ1n) is 10.3. The van der Waals surface area contributed by atoms with Gasteiger partial charge in [-0.25, -0.2) is 8.42 Å². The van der Waals surface area contributed by atoms with Crippen LogP contribution in [0.5, 0.6) is 5.75 Å². The van der Waals surface area contributed by atoms with Crippen molar-refractivity contribution in [1.82, 2.24) is 14.4 Å². The minimum absolute atomic E-state index is 0.157. The Hall–Kier alpha value is -2.39. The molecule has 0 spiro atoms. The summed E-state index contributed by atoms with van der Waals surface area (Å²) in [6, 6.07) is 8.07. The maximum atomic E-state index is 13.5. The van der Waals surface area contributed by atoms with Gasteiger partial charge in [-0.1, -0.05) is 31.1 Å². The summed E-state index contributed by atoms with van der Waals surface area (Å²) in [6.07, 6.45) is 0.692. The Bertz CT molecular complexity index is 1030. The fourth-order valence-electron chi connectivity index (χ4n) is 4.18. The largest absolute Gasteiger partial charge is 0.487 e. The number of carbonyl (C=O) groups excluding carboxylic acids is 1. The molecule has 0 unspecified atom stereocenters. The minimum atomic E-state index is -3.71. The topological polar surface area (TPSA) is 93.0 Å². The summed E-state index contributed by atoms with van der Waals surface area (Å²) in [5, 5.41) is 3.83. The second-order valence-corrected chi connectivity index (χ2v) is 10.2. The summed E-state index contributed by atoms with van der Waals surface area (Å²) in [5.74, 6) is 0.907. The number of fused-ring (bicyclic) bond motifs is 2. The lowest BCUT2D eigenvalue weighted by molar-refractivity contribution is 0.0744. The second-order valence-electron chi connectivity index (χ2n) is 8.33. The number of carbonyl (C=O) groups is 1. The van der Waals surface area contributed by atoms with E-state index < -0.39 is 10.0 Å². The van der Waals surface area contributed by atoms with Crippen LogP contribution >= 0.6 is 0 Å². The number of nitrogens with zero attached hydrogens (tertiary/aromatic N) is 3. The van der Waals surface area contributed by atoms with Crippen LogP contribution in [0.15, 0.2) is 39.8 Å². The Morgan fingerprint density at radius 2 is 1.97 bits per heavy atom. The molecule has 1 fully saturated rings. The van der Waals surface area contributed by atoms with Crippen molar-refractivity contribution in [3.8, 4) is 5.75 Å². The number of hydrogen-bond acceptors (Lipinski definition) is 6. The van der Waals surface area contributed by atoms with E-state index in [4.69, 9.17) is 9.26 Å². The smallest absolute Gasteiger partial charge is 0.276 e. The van der Waals surface area contributed by atoms with Gasteiger partial charge in [0.25, 0.3) is 5.91 Å². The highest BCUT2D eigenvalue weighted by Crippen LogP contribution is 2.36. The van der Waals surface area contributed by atoms with Gasteiger partial charge >= 0.3 is 0 Å². The van der Waals surface area contributed by atoms with Gasteiger partial charge in [0, 0.05) is 32.1 Å². The van der Waals surface area contributed by atoms with Crippen LogP contribution in [-0.2, 0) is 10.0 Å². The molecular weight excluding hydrogens is 406 g/mol. The van der Waals surface area contributed by atoms with Crippen molar-refractivity contribution in [1.29, 1.82) is 0 Å². The Morgan fingerprint density at radius 3 is 2.67 bits per heavy atom. The van der Waals surface area contributed by atoms with Crippen molar-refractivity contribution >= 4 is 15.9 Å². The number of aromatic nitrogens is 1. The lowest BCUT2D eigenvalue weighted by atomic mass is 10.0. The van der Waals surface area contributed by atoms with Crippen LogP contribution in [0.2, 0.25) is 0 Å². The minimum Gasteiger partial charge on any atom is -0.487 e. The number of hydrogen-bond donors (Lipinski definition) is 0. The fourth-order valence-corrected chi connectivity index (χ4v) is 6.15. The van der Waals surface area contributed by atoms with Gasteiger partial charge in [-0.05, 0) is 31.4 Å². The molecule has 162 valence electrons. The molecule has 9 heteroatoms. The SMILES string of the molecule is Cc1cc(C(=O)N2CC[C@@H]3Oc4ccccc4S(=O)(=O)N(CC(C)C)[C@H]3CC2)no1. The first kappa shape index (κ1) is 20.9. The highest BCUT2D eigenvalue weighted by atomic mass is 32.2. The van der Waals surface area contributed by atoms with Crippen LogP contribution in [0.25, 0.3) is 0 Å². The first-order valence-corrected chi connectivity index (χ1v) is 11.7. The Kier molecular flexibility index (Phi) is 5.59. The maximum Gasteiger partial charge on any atom is 0.276 e. The molecule has 8 nitrogen and oxygen atoms in total. The van der Waals surface area contributed by atoms with Gasteiger partial charge in [0.2, 0.25) is 10.0 Å². The zero-order valence-corrected chi connectivity index (χ0v) is 18.3. The summed E-state index contributed by atoms with van der Waals surface area (Å²) >= 11 is 0. The van der Waals surface area contributed by atoms with Crippen molar-refractivity contribution in [3.05, 3.63) is 41.8 Å². The van der Waals surface area contributed by atoms with Crippen molar-refractivity contribution in [3.63, 3.8) is 0 Å². The summed E-state index contributed by atoms with van der Waals surface area (Å²) in [6.45, 7) is 7.03. The molecule has 0 saturated carbocycles. The monoisotopic (exact) mass is 433 g/mol. The van der Waals surface area contributed by atoms with Crippen molar-refractivity contribution in [2.24, 2.45) is 5.92 Å². The van der Waals surface area contributed by atoms with Crippen LogP contribution in [0.1, 0.15) is 42.9 Å². The third-order valence-electron chi connectivity index (χ3n) is 5.57. The molecule has 1 saturated heterocycles. The summed E-state index contributed by atoms with van der Waals surface area (Å²) in [7, 11) is -3.71. The molecule has 2 atom stereocenters. The zero-order valence-electron chi connectivity index (χ0n) is 17.4. The number of para-hydroxylation sites is 1. The van der Waals surface area contributed by atoms with E-state index in [0.29, 0.717) is 44.0 Å². The Balaban J connectivity index is 1.66. The summed E-state index contributed by atoms with van der Waals surface area (Å²) in [5.41, 5.74) is 0.271. The molecule has 0 N–H and O–H groups in total. The molecule has 2 aromatic rings. The van der Waals surface area contributed by atoms with Crippen molar-refractivity contribution in [2.45, 2.75) is 50.7 Å². The van der Waals surface area contributed by atoms with Gasteiger partial charge in [0.15, 0.2) is 5.69 Å². The molecule has 30 heavy (non-hydrogen) atoms. The lowest BCUT2D eigenvalue weighted by Crippen LogP contribution is -2.48. The number of benzene rings is 1. The molecule has 0 aliphatic carbocycles. The quantitative estimate of drug-likeness (QED) is 0.739. The number of amides is 1. The second kappa shape index (κ2) is 8.03. The molecule has 2 aliphatic rings. The van der Waals surface area contributed by atoms with E-state index in [0.717, 1.165) is 0 Å².